The highest BCUT2D eigenvalue weighted by molar-refractivity contribution is 5.86. The smallest absolute Gasteiger partial charge is 0.305 e. The number of aliphatic carboxylic acids is 1. The predicted octanol–water partition coefficient (Wildman–Crippen LogP) is 1.14. The number of hydrogen-bond acceptors (Lipinski definition) is 3. The first-order valence-electron chi connectivity index (χ1n) is 5.82. The lowest BCUT2D eigenvalue weighted by molar-refractivity contribution is -0.137. The highest BCUT2D eigenvalue weighted by Gasteiger charge is 2.30. The number of carbonyl (C=O) groups excluding carboxylic acids is 1. The Morgan fingerprint density at radius 1 is 1.50 bits per heavy atom. The summed E-state index contributed by atoms with van der Waals surface area (Å²) in [5.41, 5.74) is 0.859. The number of carboxylic acids is 1. The van der Waals surface area contributed by atoms with Crippen molar-refractivity contribution in [1.82, 2.24) is 5.32 Å². The van der Waals surface area contributed by atoms with Gasteiger partial charge in [0.25, 0.3) is 0 Å². The maximum absolute atomic E-state index is 12.0. The fourth-order valence-corrected chi connectivity index (χ4v) is 2.04. The molecule has 1 aliphatic heterocycles. The number of amides is 1. The van der Waals surface area contributed by atoms with Crippen LogP contribution in [0.5, 0.6) is 5.75 Å². The van der Waals surface area contributed by atoms with E-state index in [1.807, 2.05) is 24.3 Å². The Kier molecular flexibility index (Phi) is 3.50. The van der Waals surface area contributed by atoms with Gasteiger partial charge in [-0.15, -0.1) is 0 Å². The van der Waals surface area contributed by atoms with Gasteiger partial charge in [-0.05, 0) is 13.0 Å². The molecule has 1 amide bonds. The molecule has 1 aromatic carbocycles. The molecule has 0 saturated carbocycles. The van der Waals surface area contributed by atoms with E-state index in [9.17, 15) is 9.59 Å². The number of rotatable bonds is 4. The van der Waals surface area contributed by atoms with Crippen LogP contribution >= 0.6 is 0 Å². The Labute approximate surface area is 105 Å². The molecule has 2 rings (SSSR count). The normalized spacial score (nSPS) is 18.6. The minimum Gasteiger partial charge on any atom is -0.492 e. The van der Waals surface area contributed by atoms with Crippen molar-refractivity contribution >= 4 is 11.9 Å². The van der Waals surface area contributed by atoms with Crippen LogP contribution in [0.25, 0.3) is 0 Å². The Morgan fingerprint density at radius 2 is 2.22 bits per heavy atom. The van der Waals surface area contributed by atoms with E-state index in [1.54, 1.807) is 6.92 Å². The van der Waals surface area contributed by atoms with Crippen LogP contribution in [0, 0.1) is 0 Å². The zero-order valence-electron chi connectivity index (χ0n) is 10.1. The maximum Gasteiger partial charge on any atom is 0.305 e. The quantitative estimate of drug-likeness (QED) is 0.839. The molecule has 0 radical (unpaired) electrons. The highest BCUT2D eigenvalue weighted by Crippen LogP contribution is 2.33. The van der Waals surface area contributed by atoms with Crippen LogP contribution in [-0.2, 0) is 9.59 Å². The van der Waals surface area contributed by atoms with E-state index < -0.39 is 5.97 Å². The molecule has 1 heterocycles. The summed E-state index contributed by atoms with van der Waals surface area (Å²) in [6, 6.07) is 7.00. The Bertz CT molecular complexity index is 472. The molecule has 1 aromatic rings. The minimum absolute atomic E-state index is 0.0824. The molecule has 2 atom stereocenters. The number of nitrogens with one attached hydrogen (secondary N) is 1. The van der Waals surface area contributed by atoms with Crippen LogP contribution in [0.3, 0.4) is 0 Å². The van der Waals surface area contributed by atoms with Crippen LogP contribution < -0.4 is 10.1 Å². The monoisotopic (exact) mass is 249 g/mol. The van der Waals surface area contributed by atoms with Gasteiger partial charge in [-0.25, -0.2) is 0 Å². The molecule has 5 heteroatoms. The van der Waals surface area contributed by atoms with E-state index in [1.165, 1.54) is 0 Å². The van der Waals surface area contributed by atoms with Gasteiger partial charge in [-0.2, -0.15) is 0 Å². The number of ether oxygens (including phenoxy) is 1. The summed E-state index contributed by atoms with van der Waals surface area (Å²) in [6.45, 7) is 1.98. The molecular weight excluding hydrogens is 234 g/mol. The van der Waals surface area contributed by atoms with Crippen LogP contribution in [0.1, 0.15) is 24.8 Å². The summed E-state index contributed by atoms with van der Waals surface area (Å²) in [5, 5.41) is 11.3. The van der Waals surface area contributed by atoms with E-state index in [-0.39, 0.29) is 24.3 Å². The lowest BCUT2D eigenvalue weighted by Crippen LogP contribution is -2.38. The van der Waals surface area contributed by atoms with Crippen molar-refractivity contribution in [2.75, 3.05) is 6.61 Å². The third-order valence-corrected chi connectivity index (χ3v) is 2.89. The summed E-state index contributed by atoms with van der Waals surface area (Å²) in [7, 11) is 0. The Hall–Kier alpha value is -2.04. The van der Waals surface area contributed by atoms with Gasteiger partial charge in [-0.1, -0.05) is 18.2 Å². The van der Waals surface area contributed by atoms with Gasteiger partial charge in [0.05, 0.1) is 6.42 Å². The van der Waals surface area contributed by atoms with Gasteiger partial charge in [0.1, 0.15) is 18.3 Å². The zero-order chi connectivity index (χ0) is 13.1. The lowest BCUT2D eigenvalue weighted by atomic mass is 10.00. The third kappa shape index (κ3) is 2.61. The molecule has 18 heavy (non-hydrogen) atoms. The van der Waals surface area contributed by atoms with Crippen molar-refractivity contribution < 1.29 is 19.4 Å². The van der Waals surface area contributed by atoms with E-state index in [0.717, 1.165) is 11.3 Å². The van der Waals surface area contributed by atoms with Gasteiger partial charge in [0.2, 0.25) is 5.91 Å². The summed E-state index contributed by atoms with van der Waals surface area (Å²) in [4.78, 5) is 22.6. The summed E-state index contributed by atoms with van der Waals surface area (Å²) in [6.07, 6.45) is -0.0824. The summed E-state index contributed by atoms with van der Waals surface area (Å²) < 4.78 is 5.42. The standard InChI is InChI=1S/C13H15NO4/c1-8(6-12(15)16)14-13(17)10-7-18-11-5-3-2-4-9(10)11/h2-5,8,10H,6-7H2,1H3,(H,14,17)(H,15,16). The number of fused-ring (bicyclic) bond motifs is 1. The van der Waals surface area contributed by atoms with Gasteiger partial charge in [0.15, 0.2) is 0 Å². The molecule has 0 fully saturated rings. The average Bonchev–Trinajstić information content (AvgIpc) is 2.71. The molecule has 0 saturated heterocycles. The van der Waals surface area contributed by atoms with Crippen LogP contribution in [0.2, 0.25) is 0 Å². The van der Waals surface area contributed by atoms with Crippen molar-refractivity contribution in [2.24, 2.45) is 0 Å². The molecular formula is C13H15NO4. The van der Waals surface area contributed by atoms with Gasteiger partial charge < -0.3 is 15.2 Å². The number of carboxylic acid groups (broad SMARTS) is 1. The maximum atomic E-state index is 12.0. The topological polar surface area (TPSA) is 75.6 Å². The van der Waals surface area contributed by atoms with Gasteiger partial charge in [-0.3, -0.25) is 9.59 Å². The second-order valence-corrected chi connectivity index (χ2v) is 4.41. The molecule has 0 spiro atoms. The van der Waals surface area contributed by atoms with E-state index in [4.69, 9.17) is 9.84 Å². The molecule has 2 N–H and O–H groups in total. The first-order chi connectivity index (χ1) is 8.58. The average molecular weight is 249 g/mol. The molecule has 0 aromatic heterocycles. The van der Waals surface area contributed by atoms with Crippen molar-refractivity contribution in [2.45, 2.75) is 25.3 Å². The summed E-state index contributed by atoms with van der Waals surface area (Å²) in [5.74, 6) is -0.736. The molecule has 96 valence electrons. The van der Waals surface area contributed by atoms with E-state index in [0.29, 0.717) is 6.61 Å². The Balaban J connectivity index is 2.01. The first kappa shape index (κ1) is 12.4. The van der Waals surface area contributed by atoms with Crippen LogP contribution in [0.15, 0.2) is 24.3 Å². The fraction of sp³-hybridized carbons (Fsp3) is 0.385. The van der Waals surface area contributed by atoms with Gasteiger partial charge in [0, 0.05) is 11.6 Å². The largest absolute Gasteiger partial charge is 0.492 e. The number of carbonyl (C=O) groups is 2. The molecule has 0 bridgehead atoms. The third-order valence-electron chi connectivity index (χ3n) is 2.89. The van der Waals surface area contributed by atoms with Crippen molar-refractivity contribution in [1.29, 1.82) is 0 Å². The van der Waals surface area contributed by atoms with Crippen molar-refractivity contribution in [3.05, 3.63) is 29.8 Å². The SMILES string of the molecule is CC(CC(=O)O)NC(=O)C1COc2ccccc21. The lowest BCUT2D eigenvalue weighted by Gasteiger charge is -2.14. The highest BCUT2D eigenvalue weighted by atomic mass is 16.5. The van der Waals surface area contributed by atoms with Crippen LogP contribution in [-0.4, -0.2) is 29.6 Å². The second-order valence-electron chi connectivity index (χ2n) is 4.41. The first-order valence-corrected chi connectivity index (χ1v) is 5.82. The van der Waals surface area contributed by atoms with Crippen molar-refractivity contribution in [3.63, 3.8) is 0 Å². The Morgan fingerprint density at radius 3 is 2.94 bits per heavy atom. The number of hydrogen-bond donors (Lipinski definition) is 2. The number of benzene rings is 1. The van der Waals surface area contributed by atoms with E-state index in [2.05, 4.69) is 5.32 Å². The van der Waals surface area contributed by atoms with Crippen molar-refractivity contribution in [3.8, 4) is 5.75 Å². The molecule has 5 nitrogen and oxygen atoms in total. The molecule has 1 aliphatic rings. The summed E-state index contributed by atoms with van der Waals surface area (Å²) >= 11 is 0. The number of para-hydroxylation sites is 1. The minimum atomic E-state index is -0.925. The molecule has 0 aliphatic carbocycles. The molecule has 2 unspecified atom stereocenters. The zero-order valence-corrected chi connectivity index (χ0v) is 10.1. The fourth-order valence-electron chi connectivity index (χ4n) is 2.04. The van der Waals surface area contributed by atoms with E-state index >= 15 is 0 Å². The predicted molar refractivity (Wildman–Crippen MR) is 64.5 cm³/mol. The second kappa shape index (κ2) is 5.08. The van der Waals surface area contributed by atoms with Gasteiger partial charge >= 0.3 is 5.97 Å². The van der Waals surface area contributed by atoms with Crippen LogP contribution in [0.4, 0.5) is 0 Å².